The third-order valence-electron chi connectivity index (χ3n) is 5.02. The molecule has 0 N–H and O–H groups in total. The number of benzene rings is 2. The van der Waals surface area contributed by atoms with Crippen LogP contribution >= 0.6 is 11.8 Å². The summed E-state index contributed by atoms with van der Waals surface area (Å²) >= 11 is 1.36. The summed E-state index contributed by atoms with van der Waals surface area (Å²) in [5.74, 6) is 2.50. The standard InChI is InChI=1S/C22H24FN7O3S/c1-5-10-29-19(24-27-28-29)13-34-22-26-25-21(30(22)16-9-7-6-8-15(16)23)14-11-17(31-2)20(33-4)18(12-14)32-3/h6-9,11-12H,5,10,13H2,1-4H3. The topological polar surface area (TPSA) is 102 Å². The van der Waals surface area contributed by atoms with Gasteiger partial charge in [0.1, 0.15) is 5.82 Å². The third kappa shape index (κ3) is 4.53. The van der Waals surface area contributed by atoms with Crippen LogP contribution in [-0.4, -0.2) is 56.3 Å². The molecule has 2 aromatic carbocycles. The van der Waals surface area contributed by atoms with E-state index in [0.717, 1.165) is 6.42 Å². The van der Waals surface area contributed by atoms with Crippen molar-refractivity contribution < 1.29 is 18.6 Å². The second kappa shape index (κ2) is 10.5. The molecule has 2 heterocycles. The Kier molecular flexibility index (Phi) is 7.26. The molecule has 178 valence electrons. The molecule has 0 spiro atoms. The summed E-state index contributed by atoms with van der Waals surface area (Å²) in [5, 5.41) is 21.1. The van der Waals surface area contributed by atoms with Gasteiger partial charge in [0.2, 0.25) is 5.75 Å². The summed E-state index contributed by atoms with van der Waals surface area (Å²) in [6.45, 7) is 2.76. The summed E-state index contributed by atoms with van der Waals surface area (Å²) in [5.41, 5.74) is 0.930. The van der Waals surface area contributed by atoms with Crippen molar-refractivity contribution in [1.29, 1.82) is 0 Å². The van der Waals surface area contributed by atoms with Gasteiger partial charge in [-0.15, -0.1) is 15.3 Å². The van der Waals surface area contributed by atoms with E-state index < -0.39 is 5.82 Å². The number of nitrogens with zero attached hydrogens (tertiary/aromatic N) is 7. The van der Waals surface area contributed by atoms with E-state index in [9.17, 15) is 4.39 Å². The minimum Gasteiger partial charge on any atom is -0.493 e. The van der Waals surface area contributed by atoms with Crippen molar-refractivity contribution >= 4 is 11.8 Å². The van der Waals surface area contributed by atoms with Crippen LogP contribution in [0.4, 0.5) is 4.39 Å². The van der Waals surface area contributed by atoms with Crippen LogP contribution in [0.1, 0.15) is 19.2 Å². The van der Waals surface area contributed by atoms with Crippen LogP contribution in [0.2, 0.25) is 0 Å². The molecule has 0 amide bonds. The Balaban J connectivity index is 1.81. The van der Waals surface area contributed by atoms with Gasteiger partial charge in [0, 0.05) is 12.1 Å². The van der Waals surface area contributed by atoms with E-state index in [0.29, 0.717) is 57.6 Å². The predicted molar refractivity (Wildman–Crippen MR) is 124 cm³/mol. The van der Waals surface area contributed by atoms with Crippen molar-refractivity contribution in [2.24, 2.45) is 0 Å². The van der Waals surface area contributed by atoms with Crippen LogP contribution in [0.3, 0.4) is 0 Å². The fourth-order valence-corrected chi connectivity index (χ4v) is 4.33. The second-order valence-electron chi connectivity index (χ2n) is 7.11. The molecule has 12 heteroatoms. The fourth-order valence-electron chi connectivity index (χ4n) is 3.45. The highest BCUT2D eigenvalue weighted by molar-refractivity contribution is 7.98. The summed E-state index contributed by atoms with van der Waals surface area (Å²) in [6.07, 6.45) is 0.902. The number of thioether (sulfide) groups is 1. The summed E-state index contributed by atoms with van der Waals surface area (Å²) < 4.78 is 34.7. The van der Waals surface area contributed by atoms with E-state index in [1.807, 2.05) is 0 Å². The van der Waals surface area contributed by atoms with Gasteiger partial charge in [-0.05, 0) is 41.1 Å². The molecule has 0 saturated carbocycles. The van der Waals surface area contributed by atoms with E-state index in [2.05, 4.69) is 32.6 Å². The van der Waals surface area contributed by atoms with Crippen molar-refractivity contribution in [3.05, 3.63) is 48.0 Å². The van der Waals surface area contributed by atoms with E-state index in [4.69, 9.17) is 14.2 Å². The SMILES string of the molecule is CCCn1nnnc1CSc1nnc(-c2cc(OC)c(OC)c(OC)c2)n1-c1ccccc1F. The number of ether oxygens (including phenoxy) is 3. The molecule has 34 heavy (non-hydrogen) atoms. The maximum Gasteiger partial charge on any atom is 0.203 e. The highest BCUT2D eigenvalue weighted by atomic mass is 32.2. The first-order valence-corrected chi connectivity index (χ1v) is 11.5. The predicted octanol–water partition coefficient (Wildman–Crippen LogP) is 3.79. The molecule has 4 aromatic rings. The minimum atomic E-state index is -0.409. The van der Waals surface area contributed by atoms with Gasteiger partial charge in [0.05, 0.1) is 32.8 Å². The summed E-state index contributed by atoms with van der Waals surface area (Å²) in [6, 6.07) is 9.95. The van der Waals surface area contributed by atoms with Crippen molar-refractivity contribution in [3.8, 4) is 34.3 Å². The molecule has 0 unspecified atom stereocenters. The smallest absolute Gasteiger partial charge is 0.203 e. The second-order valence-corrected chi connectivity index (χ2v) is 8.06. The molecule has 0 fully saturated rings. The summed E-state index contributed by atoms with van der Waals surface area (Å²) in [7, 11) is 4.59. The maximum atomic E-state index is 14.9. The van der Waals surface area contributed by atoms with Crippen LogP contribution in [-0.2, 0) is 12.3 Å². The first kappa shape index (κ1) is 23.5. The first-order chi connectivity index (χ1) is 16.6. The van der Waals surface area contributed by atoms with Crippen LogP contribution in [0.25, 0.3) is 17.1 Å². The van der Waals surface area contributed by atoms with E-state index in [-0.39, 0.29) is 0 Å². The highest BCUT2D eigenvalue weighted by Crippen LogP contribution is 2.42. The van der Waals surface area contributed by atoms with Gasteiger partial charge in [-0.3, -0.25) is 4.57 Å². The Hall–Kier alpha value is -3.67. The molecule has 0 radical (unpaired) electrons. The Labute approximate surface area is 200 Å². The number of tetrazole rings is 1. The maximum absolute atomic E-state index is 14.9. The first-order valence-electron chi connectivity index (χ1n) is 10.5. The molecule has 4 rings (SSSR count). The molecule has 10 nitrogen and oxygen atoms in total. The lowest BCUT2D eigenvalue weighted by Crippen LogP contribution is -2.06. The van der Waals surface area contributed by atoms with Gasteiger partial charge in [-0.25, -0.2) is 9.07 Å². The molecule has 0 bridgehead atoms. The van der Waals surface area contributed by atoms with Crippen LogP contribution in [0.15, 0.2) is 41.6 Å². The van der Waals surface area contributed by atoms with Crippen molar-refractivity contribution in [2.75, 3.05) is 21.3 Å². The largest absolute Gasteiger partial charge is 0.493 e. The molecule has 0 aliphatic heterocycles. The summed E-state index contributed by atoms with van der Waals surface area (Å²) in [4.78, 5) is 0. The number of halogens is 1. The van der Waals surface area contributed by atoms with Gasteiger partial charge in [-0.1, -0.05) is 30.8 Å². The Morgan fingerprint density at radius 2 is 1.71 bits per heavy atom. The lowest BCUT2D eigenvalue weighted by molar-refractivity contribution is 0.324. The number of hydrogen-bond acceptors (Lipinski definition) is 9. The lowest BCUT2D eigenvalue weighted by Gasteiger charge is -2.15. The highest BCUT2D eigenvalue weighted by Gasteiger charge is 2.22. The van der Waals surface area contributed by atoms with Crippen molar-refractivity contribution in [2.45, 2.75) is 30.8 Å². The number of para-hydroxylation sites is 1. The van der Waals surface area contributed by atoms with Gasteiger partial charge >= 0.3 is 0 Å². The molecule has 0 saturated heterocycles. The van der Waals surface area contributed by atoms with E-state index >= 15 is 0 Å². The normalized spacial score (nSPS) is 11.0. The van der Waals surface area contributed by atoms with Gasteiger partial charge in [0.15, 0.2) is 28.3 Å². The minimum absolute atomic E-state index is 0.312. The molecule has 2 aromatic heterocycles. The monoisotopic (exact) mass is 485 g/mol. The third-order valence-corrected chi connectivity index (χ3v) is 5.95. The fraction of sp³-hybridized carbons (Fsp3) is 0.318. The molecule has 0 atom stereocenters. The zero-order valence-corrected chi connectivity index (χ0v) is 20.0. The van der Waals surface area contributed by atoms with Crippen molar-refractivity contribution in [1.82, 2.24) is 35.0 Å². The average Bonchev–Trinajstić information content (AvgIpc) is 3.49. The average molecular weight is 486 g/mol. The van der Waals surface area contributed by atoms with Crippen LogP contribution in [0, 0.1) is 5.82 Å². The van der Waals surface area contributed by atoms with Gasteiger partial charge in [-0.2, -0.15) is 0 Å². The van der Waals surface area contributed by atoms with Gasteiger partial charge < -0.3 is 14.2 Å². The number of aromatic nitrogens is 7. The zero-order valence-electron chi connectivity index (χ0n) is 19.2. The lowest BCUT2D eigenvalue weighted by atomic mass is 10.1. The Morgan fingerprint density at radius 1 is 0.971 bits per heavy atom. The Morgan fingerprint density at radius 3 is 2.35 bits per heavy atom. The number of aryl methyl sites for hydroxylation is 1. The molecule has 0 aliphatic carbocycles. The van der Waals surface area contributed by atoms with E-state index in [1.54, 1.807) is 39.6 Å². The Bertz CT molecular complexity index is 1250. The zero-order chi connectivity index (χ0) is 24.1. The van der Waals surface area contributed by atoms with Gasteiger partial charge in [0.25, 0.3) is 0 Å². The number of rotatable bonds is 10. The number of methoxy groups -OCH3 is 3. The van der Waals surface area contributed by atoms with E-state index in [1.165, 1.54) is 39.2 Å². The quantitative estimate of drug-likeness (QED) is 0.310. The molecular formula is C22H24FN7O3S. The van der Waals surface area contributed by atoms with Crippen LogP contribution in [0.5, 0.6) is 17.2 Å². The van der Waals surface area contributed by atoms with Crippen molar-refractivity contribution in [3.63, 3.8) is 0 Å². The number of hydrogen-bond donors (Lipinski definition) is 0. The van der Waals surface area contributed by atoms with Crippen LogP contribution < -0.4 is 14.2 Å². The molecule has 0 aliphatic rings. The molecular weight excluding hydrogens is 461 g/mol.